The van der Waals surface area contributed by atoms with Gasteiger partial charge in [0.2, 0.25) is 0 Å². The number of rotatable bonds is 1. The molecule has 1 N–H and O–H groups in total. The summed E-state index contributed by atoms with van der Waals surface area (Å²) in [5.74, 6) is -0.238. The molecule has 0 saturated carbocycles. The smallest absolute Gasteiger partial charge is 0.123 e. The standard InChI is InChI=1S/C13H10ClFO/c1-8-2-4-10(15)7-11(8)12-6-9(14)3-5-13(12)16/h2-7,16H,1H3. The Morgan fingerprint density at radius 3 is 2.56 bits per heavy atom. The maximum absolute atomic E-state index is 13.2. The molecule has 0 aliphatic heterocycles. The van der Waals surface area contributed by atoms with E-state index in [0.717, 1.165) is 5.56 Å². The third kappa shape index (κ3) is 2.02. The SMILES string of the molecule is Cc1ccc(F)cc1-c1cc(Cl)ccc1O. The minimum Gasteiger partial charge on any atom is -0.507 e. The zero-order valence-electron chi connectivity index (χ0n) is 8.67. The molecular formula is C13H10ClFO. The Morgan fingerprint density at radius 2 is 1.81 bits per heavy atom. The van der Waals surface area contributed by atoms with Crippen LogP contribution in [0.4, 0.5) is 4.39 Å². The summed E-state index contributed by atoms with van der Waals surface area (Å²) in [7, 11) is 0. The predicted octanol–water partition coefficient (Wildman–Crippen LogP) is 4.16. The number of phenolic OH excluding ortho intramolecular Hbond substituents is 1. The average molecular weight is 237 g/mol. The maximum Gasteiger partial charge on any atom is 0.123 e. The number of benzene rings is 2. The van der Waals surface area contributed by atoms with Crippen molar-refractivity contribution in [2.45, 2.75) is 6.92 Å². The first-order valence-electron chi connectivity index (χ1n) is 4.83. The van der Waals surface area contributed by atoms with Crippen LogP contribution in [0.3, 0.4) is 0 Å². The third-order valence-electron chi connectivity index (χ3n) is 2.45. The minimum atomic E-state index is -0.333. The fourth-order valence-electron chi connectivity index (χ4n) is 1.61. The first-order chi connectivity index (χ1) is 7.58. The van der Waals surface area contributed by atoms with Crippen molar-refractivity contribution in [2.75, 3.05) is 0 Å². The van der Waals surface area contributed by atoms with Crippen molar-refractivity contribution >= 4 is 11.6 Å². The van der Waals surface area contributed by atoms with Crippen LogP contribution in [0.5, 0.6) is 5.75 Å². The van der Waals surface area contributed by atoms with Crippen LogP contribution in [0.2, 0.25) is 5.02 Å². The summed E-state index contributed by atoms with van der Waals surface area (Å²) in [5, 5.41) is 10.2. The molecule has 0 aliphatic carbocycles. The topological polar surface area (TPSA) is 20.2 Å². The van der Waals surface area contributed by atoms with Gasteiger partial charge >= 0.3 is 0 Å². The van der Waals surface area contributed by atoms with E-state index in [1.807, 2.05) is 6.92 Å². The first kappa shape index (κ1) is 11.0. The Labute approximate surface area is 98.1 Å². The lowest BCUT2D eigenvalue weighted by atomic mass is 10.00. The Hall–Kier alpha value is -1.54. The molecule has 0 heterocycles. The molecule has 0 bridgehead atoms. The molecule has 0 radical (unpaired) electrons. The van der Waals surface area contributed by atoms with Crippen LogP contribution in [0.15, 0.2) is 36.4 Å². The molecule has 0 fully saturated rings. The van der Waals surface area contributed by atoms with Crippen LogP contribution in [0.25, 0.3) is 11.1 Å². The Balaban J connectivity index is 2.66. The number of aryl methyl sites for hydroxylation is 1. The normalized spacial score (nSPS) is 10.4. The van der Waals surface area contributed by atoms with E-state index in [4.69, 9.17) is 11.6 Å². The zero-order chi connectivity index (χ0) is 11.7. The van der Waals surface area contributed by atoms with Gasteiger partial charge in [-0.05, 0) is 48.4 Å². The van der Waals surface area contributed by atoms with E-state index in [2.05, 4.69) is 0 Å². The quantitative estimate of drug-likeness (QED) is 0.788. The van der Waals surface area contributed by atoms with Crippen LogP contribution >= 0.6 is 11.6 Å². The molecule has 2 aromatic carbocycles. The molecule has 82 valence electrons. The van der Waals surface area contributed by atoms with Crippen LogP contribution in [0, 0.1) is 12.7 Å². The van der Waals surface area contributed by atoms with Gasteiger partial charge in [-0.25, -0.2) is 4.39 Å². The molecular weight excluding hydrogens is 227 g/mol. The van der Waals surface area contributed by atoms with Crippen molar-refractivity contribution in [2.24, 2.45) is 0 Å². The number of hydrogen-bond acceptors (Lipinski definition) is 1. The van der Waals surface area contributed by atoms with Crippen LogP contribution in [-0.4, -0.2) is 5.11 Å². The number of phenols is 1. The van der Waals surface area contributed by atoms with Gasteiger partial charge in [-0.3, -0.25) is 0 Å². The van der Waals surface area contributed by atoms with Crippen molar-refractivity contribution in [3.8, 4) is 16.9 Å². The summed E-state index contributed by atoms with van der Waals surface area (Å²) in [6.07, 6.45) is 0. The number of aromatic hydroxyl groups is 1. The van der Waals surface area contributed by atoms with E-state index in [1.54, 1.807) is 18.2 Å². The second-order valence-corrected chi connectivity index (χ2v) is 4.06. The average Bonchev–Trinajstić information content (AvgIpc) is 2.25. The van der Waals surface area contributed by atoms with Gasteiger partial charge < -0.3 is 5.11 Å². The largest absolute Gasteiger partial charge is 0.507 e. The summed E-state index contributed by atoms with van der Waals surface area (Å²) in [6, 6.07) is 9.17. The van der Waals surface area contributed by atoms with Gasteiger partial charge in [0.05, 0.1) is 0 Å². The van der Waals surface area contributed by atoms with Crippen molar-refractivity contribution in [3.05, 3.63) is 52.8 Å². The van der Waals surface area contributed by atoms with Gasteiger partial charge in [-0.1, -0.05) is 17.7 Å². The summed E-state index contributed by atoms with van der Waals surface area (Å²) < 4.78 is 13.2. The molecule has 0 amide bonds. The lowest BCUT2D eigenvalue weighted by molar-refractivity contribution is 0.477. The van der Waals surface area contributed by atoms with Gasteiger partial charge in [-0.15, -0.1) is 0 Å². The fourth-order valence-corrected chi connectivity index (χ4v) is 1.78. The molecule has 2 aromatic rings. The second-order valence-electron chi connectivity index (χ2n) is 3.62. The molecule has 0 saturated heterocycles. The Kier molecular flexibility index (Phi) is 2.84. The Bertz CT molecular complexity index is 488. The van der Waals surface area contributed by atoms with Crippen molar-refractivity contribution in [1.82, 2.24) is 0 Å². The van der Waals surface area contributed by atoms with Gasteiger partial charge in [0, 0.05) is 10.6 Å². The second kappa shape index (κ2) is 4.14. The molecule has 0 atom stereocenters. The summed E-state index contributed by atoms with van der Waals surface area (Å²) in [6.45, 7) is 1.86. The van der Waals surface area contributed by atoms with Crippen LogP contribution in [-0.2, 0) is 0 Å². The number of hydrogen-bond donors (Lipinski definition) is 1. The predicted molar refractivity (Wildman–Crippen MR) is 63.2 cm³/mol. The van der Waals surface area contributed by atoms with Crippen molar-refractivity contribution in [3.63, 3.8) is 0 Å². The highest BCUT2D eigenvalue weighted by Crippen LogP contribution is 2.33. The lowest BCUT2D eigenvalue weighted by Crippen LogP contribution is -1.86. The fraction of sp³-hybridized carbons (Fsp3) is 0.0769. The van der Waals surface area contributed by atoms with E-state index < -0.39 is 0 Å². The zero-order valence-corrected chi connectivity index (χ0v) is 9.42. The summed E-state index contributed by atoms with van der Waals surface area (Å²) in [5.41, 5.74) is 2.09. The van der Waals surface area contributed by atoms with Gasteiger partial charge in [0.1, 0.15) is 11.6 Å². The highest BCUT2D eigenvalue weighted by Gasteiger charge is 2.08. The third-order valence-corrected chi connectivity index (χ3v) is 2.68. The van der Waals surface area contributed by atoms with Gasteiger partial charge in [-0.2, -0.15) is 0 Å². The summed E-state index contributed by atoms with van der Waals surface area (Å²) >= 11 is 5.85. The molecule has 0 spiro atoms. The highest BCUT2D eigenvalue weighted by molar-refractivity contribution is 6.31. The van der Waals surface area contributed by atoms with E-state index in [1.165, 1.54) is 18.2 Å². The van der Waals surface area contributed by atoms with Crippen molar-refractivity contribution in [1.29, 1.82) is 0 Å². The molecule has 1 nitrogen and oxygen atoms in total. The molecule has 2 rings (SSSR count). The monoisotopic (exact) mass is 236 g/mol. The van der Waals surface area contributed by atoms with E-state index in [9.17, 15) is 9.50 Å². The molecule has 0 aromatic heterocycles. The number of halogens is 2. The van der Waals surface area contributed by atoms with Crippen LogP contribution < -0.4 is 0 Å². The maximum atomic E-state index is 13.2. The highest BCUT2D eigenvalue weighted by atomic mass is 35.5. The van der Waals surface area contributed by atoms with Gasteiger partial charge in [0.25, 0.3) is 0 Å². The molecule has 0 unspecified atom stereocenters. The summed E-state index contributed by atoms with van der Waals surface area (Å²) in [4.78, 5) is 0. The molecule has 0 aliphatic rings. The van der Waals surface area contributed by atoms with E-state index >= 15 is 0 Å². The molecule has 16 heavy (non-hydrogen) atoms. The Morgan fingerprint density at radius 1 is 1.06 bits per heavy atom. The molecule has 3 heteroatoms. The van der Waals surface area contributed by atoms with E-state index in [-0.39, 0.29) is 11.6 Å². The lowest BCUT2D eigenvalue weighted by Gasteiger charge is -2.08. The van der Waals surface area contributed by atoms with E-state index in [0.29, 0.717) is 16.1 Å². The van der Waals surface area contributed by atoms with Crippen LogP contribution in [0.1, 0.15) is 5.56 Å². The minimum absolute atomic E-state index is 0.0955. The van der Waals surface area contributed by atoms with Crippen molar-refractivity contribution < 1.29 is 9.50 Å². The van der Waals surface area contributed by atoms with Gasteiger partial charge in [0.15, 0.2) is 0 Å². The first-order valence-corrected chi connectivity index (χ1v) is 5.21.